The van der Waals surface area contributed by atoms with Gasteiger partial charge in [-0.05, 0) is 63.1 Å². The Bertz CT molecular complexity index is 845. The highest BCUT2D eigenvalue weighted by atomic mass is 16.7. The van der Waals surface area contributed by atoms with Gasteiger partial charge in [0.05, 0.1) is 6.10 Å². The van der Waals surface area contributed by atoms with E-state index in [-0.39, 0.29) is 17.6 Å². The molecule has 1 saturated heterocycles. The smallest absolute Gasteiger partial charge is 0.229 e. The number of benzene rings is 1. The van der Waals surface area contributed by atoms with Gasteiger partial charge >= 0.3 is 0 Å². The van der Waals surface area contributed by atoms with E-state index in [0.29, 0.717) is 17.7 Å². The highest BCUT2D eigenvalue weighted by molar-refractivity contribution is 5.52. The molecule has 1 heterocycles. The van der Waals surface area contributed by atoms with Crippen molar-refractivity contribution < 1.29 is 29.9 Å². The molecule has 0 radical (unpaired) electrons. The number of aryl methyl sites for hydroxylation is 1. The third kappa shape index (κ3) is 5.04. The van der Waals surface area contributed by atoms with Gasteiger partial charge in [-0.2, -0.15) is 0 Å². The molecule has 7 atom stereocenters. The summed E-state index contributed by atoms with van der Waals surface area (Å²) in [5.41, 5.74) is 3.85. The first-order valence-corrected chi connectivity index (χ1v) is 11.7. The van der Waals surface area contributed by atoms with Crippen molar-refractivity contribution in [2.75, 3.05) is 0 Å². The first kappa shape index (κ1) is 24.8. The number of allylic oxidation sites excluding steroid dienone is 3. The Kier molecular flexibility index (Phi) is 8.04. The van der Waals surface area contributed by atoms with E-state index in [9.17, 15) is 20.4 Å². The summed E-state index contributed by atoms with van der Waals surface area (Å²) in [6.07, 6.45) is 0.394. The minimum absolute atomic E-state index is 0.120. The van der Waals surface area contributed by atoms with Crippen LogP contribution in [0.15, 0.2) is 35.9 Å². The van der Waals surface area contributed by atoms with Crippen molar-refractivity contribution in [3.8, 4) is 11.5 Å². The van der Waals surface area contributed by atoms with E-state index in [1.54, 1.807) is 6.07 Å². The monoisotopic (exact) mass is 446 g/mol. The molecule has 0 aromatic heterocycles. The second kappa shape index (κ2) is 10.4. The summed E-state index contributed by atoms with van der Waals surface area (Å²) in [4.78, 5) is 0. The third-order valence-electron chi connectivity index (χ3n) is 6.75. The number of hydrogen-bond acceptors (Lipinski definition) is 6. The van der Waals surface area contributed by atoms with Crippen LogP contribution in [-0.2, 0) is 11.2 Å². The standard InChI is InChI=1S/C26H38O6/c1-6-8-16-12-19(27)22(18-11-15(5)9-10-17(18)14(3)4)21(13-16)32-26-25(30)24(29)23(28)20(7-2)31-26/h11-13,17-18,20,23-30H,3,6-10H2,1-2,4-5H3/t17-,18+,20+,23+,24-,25+,26-/m0/s1. The quantitative estimate of drug-likeness (QED) is 0.473. The van der Waals surface area contributed by atoms with Crippen LogP contribution < -0.4 is 4.74 Å². The Balaban J connectivity index is 2.05. The van der Waals surface area contributed by atoms with Crippen LogP contribution in [0.25, 0.3) is 0 Å². The van der Waals surface area contributed by atoms with Crippen LogP contribution in [-0.4, -0.2) is 51.1 Å². The van der Waals surface area contributed by atoms with E-state index in [2.05, 4.69) is 26.5 Å². The minimum atomic E-state index is -1.42. The number of ether oxygens (including phenoxy) is 2. The number of aliphatic hydroxyl groups excluding tert-OH is 3. The Morgan fingerprint density at radius 1 is 1.16 bits per heavy atom. The molecule has 6 nitrogen and oxygen atoms in total. The number of phenols is 1. The lowest BCUT2D eigenvalue weighted by Gasteiger charge is -2.40. The lowest BCUT2D eigenvalue weighted by molar-refractivity contribution is -0.272. The molecular formula is C26H38O6. The Morgan fingerprint density at radius 3 is 2.50 bits per heavy atom. The summed E-state index contributed by atoms with van der Waals surface area (Å²) in [5.74, 6) is 0.603. The fourth-order valence-electron chi connectivity index (χ4n) is 4.92. The average Bonchev–Trinajstić information content (AvgIpc) is 2.74. The van der Waals surface area contributed by atoms with Crippen molar-refractivity contribution in [2.45, 2.75) is 96.4 Å². The average molecular weight is 447 g/mol. The fraction of sp³-hybridized carbons (Fsp3) is 0.615. The van der Waals surface area contributed by atoms with Crippen molar-refractivity contribution in [2.24, 2.45) is 5.92 Å². The first-order chi connectivity index (χ1) is 15.2. The molecule has 1 aliphatic heterocycles. The maximum absolute atomic E-state index is 11.1. The van der Waals surface area contributed by atoms with Crippen molar-refractivity contribution in [3.63, 3.8) is 0 Å². The SMILES string of the molecule is C=C(C)[C@@H]1CCC(C)=C[C@H]1c1c(O)cc(CCC)cc1O[C@@H]1O[C@H](CC)[C@@H](O)[C@H](O)[C@H]1O. The maximum Gasteiger partial charge on any atom is 0.229 e. The van der Waals surface area contributed by atoms with Crippen LogP contribution in [0.1, 0.15) is 70.4 Å². The van der Waals surface area contributed by atoms with E-state index in [0.717, 1.165) is 36.8 Å². The highest BCUT2D eigenvalue weighted by Crippen LogP contribution is 2.47. The Morgan fingerprint density at radius 2 is 1.88 bits per heavy atom. The Hall–Kier alpha value is -1.86. The third-order valence-corrected chi connectivity index (χ3v) is 6.75. The predicted octanol–water partition coefficient (Wildman–Crippen LogP) is 3.96. The van der Waals surface area contributed by atoms with Crippen molar-refractivity contribution in [3.05, 3.63) is 47.1 Å². The molecule has 32 heavy (non-hydrogen) atoms. The zero-order valence-electron chi connectivity index (χ0n) is 19.6. The van der Waals surface area contributed by atoms with Gasteiger partial charge in [0.1, 0.15) is 29.8 Å². The number of aromatic hydroxyl groups is 1. The lowest BCUT2D eigenvalue weighted by atomic mass is 9.73. The lowest BCUT2D eigenvalue weighted by Crippen LogP contribution is -2.59. The molecule has 0 amide bonds. The molecule has 0 spiro atoms. The largest absolute Gasteiger partial charge is 0.507 e. The van der Waals surface area contributed by atoms with Crippen LogP contribution in [0.3, 0.4) is 0 Å². The molecule has 1 aromatic rings. The molecule has 1 fully saturated rings. The summed E-state index contributed by atoms with van der Waals surface area (Å²) in [5, 5.41) is 42.2. The fourth-order valence-corrected chi connectivity index (χ4v) is 4.92. The van der Waals surface area contributed by atoms with Gasteiger partial charge in [-0.25, -0.2) is 0 Å². The highest BCUT2D eigenvalue weighted by Gasteiger charge is 2.44. The number of rotatable bonds is 7. The van der Waals surface area contributed by atoms with Crippen LogP contribution in [0.5, 0.6) is 11.5 Å². The normalized spacial score (nSPS) is 33.0. The van der Waals surface area contributed by atoms with E-state index < -0.39 is 30.7 Å². The van der Waals surface area contributed by atoms with Crippen molar-refractivity contribution in [1.29, 1.82) is 0 Å². The second-order valence-electron chi connectivity index (χ2n) is 9.35. The summed E-state index contributed by atoms with van der Waals surface area (Å²) in [6, 6.07) is 3.67. The molecule has 1 aliphatic carbocycles. The van der Waals surface area contributed by atoms with Crippen LogP contribution in [0.2, 0.25) is 0 Å². The molecule has 1 aromatic carbocycles. The van der Waals surface area contributed by atoms with E-state index >= 15 is 0 Å². The number of aliphatic hydroxyl groups is 3. The van der Waals surface area contributed by atoms with Gasteiger partial charge < -0.3 is 29.9 Å². The van der Waals surface area contributed by atoms with Crippen LogP contribution in [0, 0.1) is 5.92 Å². The molecule has 0 bridgehead atoms. The Labute approximate surface area is 191 Å². The molecule has 0 saturated carbocycles. The predicted molar refractivity (Wildman–Crippen MR) is 124 cm³/mol. The van der Waals surface area contributed by atoms with Crippen molar-refractivity contribution in [1.82, 2.24) is 0 Å². The topological polar surface area (TPSA) is 99.4 Å². The molecule has 3 rings (SSSR count). The maximum atomic E-state index is 11.1. The van der Waals surface area contributed by atoms with Gasteiger partial charge in [-0.3, -0.25) is 0 Å². The van der Waals surface area contributed by atoms with Crippen LogP contribution in [0.4, 0.5) is 0 Å². The van der Waals surface area contributed by atoms with E-state index in [1.807, 2.05) is 19.9 Å². The second-order valence-corrected chi connectivity index (χ2v) is 9.35. The molecular weight excluding hydrogens is 408 g/mol. The van der Waals surface area contributed by atoms with Crippen molar-refractivity contribution >= 4 is 0 Å². The number of hydrogen-bond donors (Lipinski definition) is 4. The van der Waals surface area contributed by atoms with Crippen LogP contribution >= 0.6 is 0 Å². The summed E-state index contributed by atoms with van der Waals surface area (Å²) in [6.45, 7) is 12.2. The first-order valence-electron chi connectivity index (χ1n) is 11.7. The van der Waals surface area contributed by atoms with E-state index in [1.165, 1.54) is 5.57 Å². The molecule has 2 aliphatic rings. The summed E-state index contributed by atoms with van der Waals surface area (Å²) >= 11 is 0. The van der Waals surface area contributed by atoms with E-state index in [4.69, 9.17) is 9.47 Å². The number of phenolic OH excluding ortho intramolecular Hbond substituents is 1. The van der Waals surface area contributed by atoms with Gasteiger partial charge in [-0.15, -0.1) is 0 Å². The van der Waals surface area contributed by atoms with Gasteiger partial charge in [-0.1, -0.05) is 44.1 Å². The minimum Gasteiger partial charge on any atom is -0.507 e. The van der Waals surface area contributed by atoms with Gasteiger partial charge in [0.25, 0.3) is 0 Å². The summed E-state index contributed by atoms with van der Waals surface area (Å²) < 4.78 is 12.0. The molecule has 0 unspecified atom stereocenters. The molecule has 6 heteroatoms. The molecule has 178 valence electrons. The molecule has 4 N–H and O–H groups in total. The zero-order valence-corrected chi connectivity index (χ0v) is 19.6. The van der Waals surface area contributed by atoms with Gasteiger partial charge in [0.2, 0.25) is 6.29 Å². The van der Waals surface area contributed by atoms with Gasteiger partial charge in [0, 0.05) is 11.5 Å². The summed E-state index contributed by atoms with van der Waals surface area (Å²) in [7, 11) is 0. The zero-order chi connectivity index (χ0) is 23.6. The van der Waals surface area contributed by atoms with Gasteiger partial charge in [0.15, 0.2) is 0 Å².